The van der Waals surface area contributed by atoms with Crippen LogP contribution in [0.2, 0.25) is 0 Å². The molecule has 0 aliphatic rings. The minimum absolute atomic E-state index is 0.171. The van der Waals surface area contributed by atoms with Crippen LogP contribution in [0.1, 0.15) is 256 Å². The Bertz CT molecular complexity index is 1250. The van der Waals surface area contributed by atoms with Crippen molar-refractivity contribution in [1.29, 1.82) is 0 Å². The predicted molar refractivity (Wildman–Crippen MR) is 239 cm³/mol. The summed E-state index contributed by atoms with van der Waals surface area (Å²) in [6.07, 6.45) is 50.3. The van der Waals surface area contributed by atoms with Gasteiger partial charge < -0.3 is 0 Å². The Balaban J connectivity index is 1.62. The molecule has 54 heavy (non-hydrogen) atoms. The van der Waals surface area contributed by atoms with Gasteiger partial charge in [-0.05, 0) is 42.2 Å². The summed E-state index contributed by atoms with van der Waals surface area (Å²) < 4.78 is 36.1. The van der Waals surface area contributed by atoms with Crippen LogP contribution in [-0.4, -0.2) is 13.0 Å². The van der Waals surface area contributed by atoms with Gasteiger partial charge >= 0.3 is 0 Å². The van der Waals surface area contributed by atoms with Crippen molar-refractivity contribution in [3.8, 4) is 0 Å². The first kappa shape index (κ1) is 48.8. The third-order valence-corrected chi connectivity index (χ3v) is 13.0. The highest BCUT2D eigenvalue weighted by molar-refractivity contribution is 7.86. The molecule has 0 saturated heterocycles. The van der Waals surface area contributed by atoms with Gasteiger partial charge in [-0.15, -0.1) is 0 Å². The van der Waals surface area contributed by atoms with Crippen LogP contribution in [0.4, 0.5) is 0 Å². The van der Waals surface area contributed by atoms with Crippen LogP contribution in [0, 0.1) is 0 Å². The summed E-state index contributed by atoms with van der Waals surface area (Å²) in [5, 5.41) is 1.59. The van der Waals surface area contributed by atoms with Gasteiger partial charge in [-0.2, -0.15) is 8.42 Å². The number of benzene rings is 2. The number of hydrogen-bond donors (Lipinski definition) is 1. The summed E-state index contributed by atoms with van der Waals surface area (Å²) in [5.74, 6) is 0. The lowest BCUT2D eigenvalue weighted by Gasteiger charge is -2.17. The molecule has 0 aromatic heterocycles. The van der Waals surface area contributed by atoms with Gasteiger partial charge in [0.05, 0.1) is 0 Å². The second-order valence-corrected chi connectivity index (χ2v) is 18.4. The van der Waals surface area contributed by atoms with E-state index in [1.165, 1.54) is 212 Å². The summed E-state index contributed by atoms with van der Waals surface area (Å²) in [6, 6.07) is 9.91. The molecule has 2 rings (SSSR count). The summed E-state index contributed by atoms with van der Waals surface area (Å²) in [7, 11) is -4.32. The Morgan fingerprint density at radius 2 is 0.704 bits per heavy atom. The first-order chi connectivity index (χ1) is 26.5. The van der Waals surface area contributed by atoms with Gasteiger partial charge in [0.15, 0.2) is 0 Å². The molecule has 1 N–H and O–H groups in total. The van der Waals surface area contributed by atoms with Crippen LogP contribution < -0.4 is 0 Å². The second kappa shape index (κ2) is 33.7. The van der Waals surface area contributed by atoms with Crippen LogP contribution in [-0.2, 0) is 23.0 Å². The van der Waals surface area contributed by atoms with Crippen molar-refractivity contribution in [2.75, 3.05) is 0 Å². The number of unbranched alkanes of at least 4 members (excludes halogenated alkanes) is 34. The molecule has 0 fully saturated rings. The minimum Gasteiger partial charge on any atom is -0.282 e. The van der Waals surface area contributed by atoms with Gasteiger partial charge in [0.2, 0.25) is 0 Å². The first-order valence-corrected chi connectivity index (χ1v) is 25.4. The molecule has 0 radical (unpaired) electrons. The quantitative estimate of drug-likeness (QED) is 0.0544. The first-order valence-electron chi connectivity index (χ1n) is 24.0. The molecule has 2 aromatic rings. The van der Waals surface area contributed by atoms with Crippen LogP contribution >= 0.6 is 0 Å². The number of hydrogen-bond acceptors (Lipinski definition) is 2. The fourth-order valence-corrected chi connectivity index (χ4v) is 9.63. The molecule has 0 unspecified atom stereocenters. The van der Waals surface area contributed by atoms with E-state index in [2.05, 4.69) is 19.9 Å². The van der Waals surface area contributed by atoms with E-state index in [1.807, 2.05) is 24.3 Å². The highest BCUT2D eigenvalue weighted by atomic mass is 32.2. The number of rotatable bonds is 39. The molecule has 0 atom stereocenters. The Morgan fingerprint density at radius 1 is 0.407 bits per heavy atom. The van der Waals surface area contributed by atoms with Crippen molar-refractivity contribution >= 4 is 20.9 Å². The van der Waals surface area contributed by atoms with E-state index in [-0.39, 0.29) is 4.90 Å². The molecular formula is C50H88O3S. The van der Waals surface area contributed by atoms with Gasteiger partial charge in [0.25, 0.3) is 10.1 Å². The molecule has 0 amide bonds. The van der Waals surface area contributed by atoms with Crippen LogP contribution in [0.15, 0.2) is 35.2 Å². The van der Waals surface area contributed by atoms with Gasteiger partial charge in [-0.1, -0.05) is 262 Å². The Labute approximate surface area is 336 Å². The monoisotopic (exact) mass is 769 g/mol. The third-order valence-electron chi connectivity index (χ3n) is 12.0. The normalized spacial score (nSPS) is 12.0. The molecule has 0 heterocycles. The SMILES string of the molecule is CCCCCCCCCCCCCCCCCCCCc1cc2ccccc2c(S(=O)(=O)O)c1CCCCCCCCCCCCCCCCCCCC. The molecular weight excluding hydrogens is 681 g/mol. The largest absolute Gasteiger partial charge is 0.295 e. The minimum atomic E-state index is -4.32. The smallest absolute Gasteiger partial charge is 0.282 e. The molecule has 2 aromatic carbocycles. The highest BCUT2D eigenvalue weighted by Crippen LogP contribution is 2.32. The zero-order chi connectivity index (χ0) is 38.8. The van der Waals surface area contributed by atoms with Gasteiger partial charge in [0, 0.05) is 5.39 Å². The van der Waals surface area contributed by atoms with Crippen LogP contribution in [0.5, 0.6) is 0 Å². The average Bonchev–Trinajstić information content (AvgIpc) is 3.16. The zero-order valence-electron chi connectivity index (χ0n) is 35.9. The van der Waals surface area contributed by atoms with Crippen molar-refractivity contribution in [2.24, 2.45) is 0 Å². The molecule has 312 valence electrons. The van der Waals surface area contributed by atoms with E-state index in [1.54, 1.807) is 0 Å². The Kier molecular flexibility index (Phi) is 30.4. The van der Waals surface area contributed by atoms with Crippen molar-refractivity contribution < 1.29 is 13.0 Å². The lowest BCUT2D eigenvalue weighted by atomic mass is 9.93. The molecule has 4 heteroatoms. The van der Waals surface area contributed by atoms with E-state index < -0.39 is 10.1 Å². The van der Waals surface area contributed by atoms with Gasteiger partial charge in [0.1, 0.15) is 4.90 Å². The maximum absolute atomic E-state index is 12.8. The van der Waals surface area contributed by atoms with Gasteiger partial charge in [-0.3, -0.25) is 4.55 Å². The lowest BCUT2D eigenvalue weighted by Crippen LogP contribution is -2.08. The predicted octanol–water partition coefficient (Wildman–Crippen LogP) is 17.3. The van der Waals surface area contributed by atoms with E-state index in [0.29, 0.717) is 5.39 Å². The topological polar surface area (TPSA) is 54.4 Å². The molecule has 3 nitrogen and oxygen atoms in total. The van der Waals surface area contributed by atoms with E-state index in [0.717, 1.165) is 48.6 Å². The standard InChI is InChI=1S/C50H88O3S/c1-3-5-7-9-11-13-15-17-19-21-23-25-27-29-31-33-35-37-41-46-45-47-42-39-40-44-49(47)50(54(51,52)53)48(46)43-38-36-34-32-30-28-26-24-22-20-18-16-14-12-10-8-6-4-2/h39-40,42,44-45H,3-38,41,43H2,1-2H3,(H,51,52,53). The molecule has 0 aliphatic carbocycles. The van der Waals surface area contributed by atoms with E-state index >= 15 is 0 Å². The summed E-state index contributed by atoms with van der Waals surface area (Å²) in [6.45, 7) is 4.58. The van der Waals surface area contributed by atoms with Crippen LogP contribution in [0.3, 0.4) is 0 Å². The van der Waals surface area contributed by atoms with Crippen LogP contribution in [0.25, 0.3) is 10.8 Å². The fourth-order valence-electron chi connectivity index (χ4n) is 8.63. The molecule has 0 aliphatic heterocycles. The molecule has 0 saturated carbocycles. The maximum Gasteiger partial charge on any atom is 0.295 e. The lowest BCUT2D eigenvalue weighted by molar-refractivity contribution is 0.482. The molecule has 0 spiro atoms. The maximum atomic E-state index is 12.8. The Morgan fingerprint density at radius 3 is 1.04 bits per heavy atom. The van der Waals surface area contributed by atoms with Crippen molar-refractivity contribution in [2.45, 2.75) is 263 Å². The third kappa shape index (κ3) is 24.3. The van der Waals surface area contributed by atoms with E-state index in [9.17, 15) is 13.0 Å². The summed E-state index contributed by atoms with van der Waals surface area (Å²) in [5.41, 5.74) is 2.00. The Hall–Kier alpha value is -1.39. The number of aryl methyl sites for hydroxylation is 1. The summed E-state index contributed by atoms with van der Waals surface area (Å²) in [4.78, 5) is 0.171. The van der Waals surface area contributed by atoms with Gasteiger partial charge in [-0.25, -0.2) is 0 Å². The fraction of sp³-hybridized carbons (Fsp3) is 0.800. The number of fused-ring (bicyclic) bond motifs is 1. The highest BCUT2D eigenvalue weighted by Gasteiger charge is 2.22. The van der Waals surface area contributed by atoms with E-state index in [4.69, 9.17) is 0 Å². The molecule has 0 bridgehead atoms. The van der Waals surface area contributed by atoms with Crippen molar-refractivity contribution in [3.63, 3.8) is 0 Å². The van der Waals surface area contributed by atoms with Crippen molar-refractivity contribution in [1.82, 2.24) is 0 Å². The zero-order valence-corrected chi connectivity index (χ0v) is 36.7. The second-order valence-electron chi connectivity index (χ2n) is 17.1. The summed E-state index contributed by atoms with van der Waals surface area (Å²) >= 11 is 0. The van der Waals surface area contributed by atoms with Crippen molar-refractivity contribution in [3.05, 3.63) is 41.5 Å². The average molecular weight is 769 g/mol.